The Morgan fingerprint density at radius 2 is 1.75 bits per heavy atom. The lowest BCUT2D eigenvalue weighted by molar-refractivity contribution is 0.414. The van der Waals surface area contributed by atoms with E-state index in [1.54, 1.807) is 7.11 Å². The molecule has 4 heteroatoms. The molecular formula is C16H17NOS2. The molecule has 2 aromatic carbocycles. The van der Waals surface area contributed by atoms with Gasteiger partial charge in [-0.1, -0.05) is 18.2 Å². The zero-order chi connectivity index (χ0) is 14.4. The molecule has 2 nitrogen and oxygen atoms in total. The van der Waals surface area contributed by atoms with Crippen LogP contribution in [0.25, 0.3) is 10.1 Å². The first-order valence-corrected chi connectivity index (χ1v) is 7.94. The van der Waals surface area contributed by atoms with Crippen LogP contribution in [0.5, 0.6) is 5.75 Å². The minimum Gasteiger partial charge on any atom is -0.497 e. The molecule has 104 valence electrons. The minimum atomic E-state index is 0.859. The molecule has 0 aliphatic carbocycles. The van der Waals surface area contributed by atoms with Crippen LogP contribution in [0.2, 0.25) is 0 Å². The van der Waals surface area contributed by atoms with Gasteiger partial charge in [0.2, 0.25) is 0 Å². The van der Waals surface area contributed by atoms with Crippen molar-refractivity contribution >= 4 is 33.4 Å². The van der Waals surface area contributed by atoms with Gasteiger partial charge in [-0.3, -0.25) is 5.14 Å². The molecule has 0 saturated carbocycles. The average molecular weight is 303 g/mol. The van der Waals surface area contributed by atoms with Crippen LogP contribution in [0.1, 0.15) is 5.56 Å². The van der Waals surface area contributed by atoms with Crippen LogP contribution in [0.15, 0.2) is 58.8 Å². The molecule has 0 atom stereocenters. The monoisotopic (exact) mass is 303 g/mol. The lowest BCUT2D eigenvalue weighted by Gasteiger charge is -1.98. The zero-order valence-electron chi connectivity index (χ0n) is 11.5. The number of nitrogens with two attached hydrogens (primary N) is 1. The normalized spacial score (nSPS) is 9.95. The first kappa shape index (κ1) is 14.9. The Kier molecular flexibility index (Phi) is 5.47. The molecule has 0 amide bonds. The molecule has 0 aliphatic rings. The smallest absolute Gasteiger partial charge is 0.118 e. The fourth-order valence-corrected chi connectivity index (χ4v) is 3.00. The van der Waals surface area contributed by atoms with Gasteiger partial charge in [0, 0.05) is 9.60 Å². The molecule has 0 spiro atoms. The van der Waals surface area contributed by atoms with Crippen molar-refractivity contribution in [3.05, 3.63) is 59.5 Å². The van der Waals surface area contributed by atoms with Crippen molar-refractivity contribution in [3.63, 3.8) is 0 Å². The number of methoxy groups -OCH3 is 1. The van der Waals surface area contributed by atoms with Crippen LogP contribution < -0.4 is 9.88 Å². The molecule has 0 radical (unpaired) electrons. The van der Waals surface area contributed by atoms with Gasteiger partial charge in [-0.15, -0.1) is 11.3 Å². The third-order valence-corrected chi connectivity index (χ3v) is 4.50. The van der Waals surface area contributed by atoms with Gasteiger partial charge in [0.15, 0.2) is 0 Å². The van der Waals surface area contributed by atoms with Gasteiger partial charge < -0.3 is 4.74 Å². The summed E-state index contributed by atoms with van der Waals surface area (Å²) in [4.78, 5) is 1.04. The van der Waals surface area contributed by atoms with E-state index >= 15 is 0 Å². The maximum Gasteiger partial charge on any atom is 0.118 e. The maximum absolute atomic E-state index is 5.32. The molecule has 1 aromatic heterocycles. The predicted octanol–water partition coefficient (Wildman–Crippen LogP) is 4.87. The summed E-state index contributed by atoms with van der Waals surface area (Å²) in [5, 5.41) is 8.91. The van der Waals surface area contributed by atoms with E-state index in [1.807, 2.05) is 35.6 Å². The van der Waals surface area contributed by atoms with E-state index in [4.69, 9.17) is 9.88 Å². The number of rotatable bonds is 2. The van der Waals surface area contributed by atoms with E-state index in [0.29, 0.717) is 0 Å². The maximum atomic E-state index is 5.32. The number of hydrogen-bond donors (Lipinski definition) is 1. The molecule has 0 fully saturated rings. The van der Waals surface area contributed by atoms with Crippen LogP contribution in [-0.2, 0) is 0 Å². The minimum absolute atomic E-state index is 0.859. The number of thiophene rings is 1. The summed E-state index contributed by atoms with van der Waals surface area (Å²) in [6.45, 7) is 2.15. The highest BCUT2D eigenvalue weighted by Gasteiger charge is 1.95. The van der Waals surface area contributed by atoms with Crippen LogP contribution in [0.4, 0.5) is 0 Å². The third kappa shape index (κ3) is 3.76. The molecule has 1 heterocycles. The van der Waals surface area contributed by atoms with Crippen LogP contribution in [-0.4, -0.2) is 7.11 Å². The van der Waals surface area contributed by atoms with Crippen LogP contribution in [0.3, 0.4) is 0 Å². The predicted molar refractivity (Wildman–Crippen MR) is 89.6 cm³/mol. The Hall–Kier alpha value is -1.49. The Morgan fingerprint density at radius 1 is 1.05 bits per heavy atom. The summed E-state index contributed by atoms with van der Waals surface area (Å²) in [6.07, 6.45) is 0. The molecule has 3 aromatic rings. The van der Waals surface area contributed by atoms with Gasteiger partial charge in [-0.25, -0.2) is 0 Å². The quantitative estimate of drug-likeness (QED) is 0.686. The van der Waals surface area contributed by atoms with E-state index in [0.717, 1.165) is 10.6 Å². The highest BCUT2D eigenvalue weighted by atomic mass is 32.2. The first-order valence-electron chi connectivity index (χ1n) is 6.18. The second-order valence-corrected chi connectivity index (χ2v) is 5.83. The van der Waals surface area contributed by atoms with Crippen molar-refractivity contribution in [2.45, 2.75) is 11.8 Å². The molecule has 3 rings (SSSR count). The molecule has 0 saturated heterocycles. The summed E-state index contributed by atoms with van der Waals surface area (Å²) in [5.74, 6) is 0.859. The van der Waals surface area contributed by atoms with Crippen molar-refractivity contribution in [1.82, 2.24) is 0 Å². The highest BCUT2D eigenvalue weighted by molar-refractivity contribution is 7.97. The summed E-state index contributed by atoms with van der Waals surface area (Å²) >= 11 is 3.05. The molecule has 0 aliphatic heterocycles. The van der Waals surface area contributed by atoms with E-state index in [9.17, 15) is 0 Å². The SMILES string of the molecule is COc1ccc(SN)cc1.Cc1csc2ccccc12. The second kappa shape index (κ2) is 7.33. The van der Waals surface area contributed by atoms with Crippen molar-refractivity contribution in [2.24, 2.45) is 5.14 Å². The largest absolute Gasteiger partial charge is 0.497 e. The van der Waals surface area contributed by atoms with Gasteiger partial charge in [-0.2, -0.15) is 0 Å². The Labute approximate surface area is 127 Å². The van der Waals surface area contributed by atoms with Gasteiger partial charge in [0.05, 0.1) is 7.11 Å². The van der Waals surface area contributed by atoms with Gasteiger partial charge in [0.1, 0.15) is 5.75 Å². The summed E-state index contributed by atoms with van der Waals surface area (Å²) in [7, 11) is 1.64. The molecular weight excluding hydrogens is 286 g/mol. The fourth-order valence-electron chi connectivity index (χ4n) is 1.76. The lowest BCUT2D eigenvalue weighted by Crippen LogP contribution is -1.82. The summed E-state index contributed by atoms with van der Waals surface area (Å²) in [6, 6.07) is 16.1. The number of ether oxygens (including phenoxy) is 1. The number of fused-ring (bicyclic) bond motifs is 1. The summed E-state index contributed by atoms with van der Waals surface area (Å²) in [5.41, 5.74) is 1.39. The Bertz CT molecular complexity index is 639. The molecule has 0 unspecified atom stereocenters. The average Bonchev–Trinajstić information content (AvgIpc) is 2.90. The Balaban J connectivity index is 0.000000147. The van der Waals surface area contributed by atoms with Crippen molar-refractivity contribution < 1.29 is 4.74 Å². The highest BCUT2D eigenvalue weighted by Crippen LogP contribution is 2.24. The Morgan fingerprint density at radius 3 is 2.35 bits per heavy atom. The number of benzene rings is 2. The molecule has 0 bridgehead atoms. The zero-order valence-corrected chi connectivity index (χ0v) is 13.1. The third-order valence-electron chi connectivity index (χ3n) is 2.87. The topological polar surface area (TPSA) is 35.2 Å². The van der Waals surface area contributed by atoms with Crippen molar-refractivity contribution in [3.8, 4) is 5.75 Å². The number of aryl methyl sites for hydroxylation is 1. The van der Waals surface area contributed by atoms with E-state index in [1.165, 1.54) is 27.6 Å². The van der Waals surface area contributed by atoms with Gasteiger partial charge in [0.25, 0.3) is 0 Å². The van der Waals surface area contributed by atoms with Crippen LogP contribution in [0, 0.1) is 6.92 Å². The van der Waals surface area contributed by atoms with E-state index in [-0.39, 0.29) is 0 Å². The van der Waals surface area contributed by atoms with Crippen molar-refractivity contribution in [1.29, 1.82) is 0 Å². The van der Waals surface area contributed by atoms with E-state index in [2.05, 4.69) is 36.6 Å². The number of hydrogen-bond acceptors (Lipinski definition) is 4. The fraction of sp³-hybridized carbons (Fsp3) is 0.125. The standard InChI is InChI=1S/C9H8S.C7H9NOS/c1-7-6-10-9-5-3-2-4-8(7)9;1-9-6-2-4-7(10-8)5-3-6/h2-6H,1H3;2-5H,8H2,1H3. The molecule has 20 heavy (non-hydrogen) atoms. The molecule has 2 N–H and O–H groups in total. The first-order chi connectivity index (χ1) is 9.74. The van der Waals surface area contributed by atoms with Crippen molar-refractivity contribution in [2.75, 3.05) is 7.11 Å². The van der Waals surface area contributed by atoms with Gasteiger partial charge >= 0.3 is 0 Å². The second-order valence-electron chi connectivity index (χ2n) is 4.21. The van der Waals surface area contributed by atoms with Crippen LogP contribution >= 0.6 is 23.3 Å². The van der Waals surface area contributed by atoms with Gasteiger partial charge in [-0.05, 0) is 65.5 Å². The summed E-state index contributed by atoms with van der Waals surface area (Å²) < 4.78 is 6.35. The van der Waals surface area contributed by atoms with E-state index < -0.39 is 0 Å². The lowest BCUT2D eigenvalue weighted by atomic mass is 10.2.